The van der Waals surface area contributed by atoms with Gasteiger partial charge in [-0.25, -0.2) is 8.42 Å². The lowest BCUT2D eigenvalue weighted by Crippen LogP contribution is -1.88. The average Bonchev–Trinajstić information content (AvgIpc) is 2.37. The Hall–Kier alpha value is -1.43. The van der Waals surface area contributed by atoms with Gasteiger partial charge in [0, 0.05) is 15.7 Å². The predicted octanol–water partition coefficient (Wildman–Crippen LogP) is 4.68. The van der Waals surface area contributed by atoms with Crippen molar-refractivity contribution < 1.29 is 8.42 Å². The zero-order valence-corrected chi connectivity index (χ0v) is 11.8. The summed E-state index contributed by atoms with van der Waals surface area (Å²) in [6.07, 6.45) is 0. The Morgan fingerprint density at radius 1 is 0.789 bits per heavy atom. The van der Waals surface area contributed by atoms with Crippen molar-refractivity contribution in [3.8, 4) is 0 Å². The van der Waals surface area contributed by atoms with Gasteiger partial charge in [0.1, 0.15) is 0 Å². The van der Waals surface area contributed by atoms with Gasteiger partial charge in [-0.2, -0.15) is 10.2 Å². The van der Waals surface area contributed by atoms with E-state index in [-0.39, 0.29) is 4.90 Å². The highest BCUT2D eigenvalue weighted by Crippen LogP contribution is 2.22. The number of nitrogens with zero attached hydrogens (tertiary/aromatic N) is 2. The van der Waals surface area contributed by atoms with Crippen molar-refractivity contribution in [3.05, 3.63) is 53.6 Å². The van der Waals surface area contributed by atoms with Crippen LogP contribution in [0.25, 0.3) is 0 Å². The molecule has 0 saturated carbocycles. The maximum Gasteiger partial charge on any atom is 0.261 e. The van der Waals surface area contributed by atoms with Crippen LogP contribution in [0.3, 0.4) is 0 Å². The quantitative estimate of drug-likeness (QED) is 0.610. The van der Waals surface area contributed by atoms with Gasteiger partial charge < -0.3 is 0 Å². The Morgan fingerprint density at radius 2 is 1.21 bits per heavy atom. The second kappa shape index (κ2) is 5.69. The van der Waals surface area contributed by atoms with Crippen molar-refractivity contribution in [2.45, 2.75) is 4.90 Å². The zero-order chi connectivity index (χ0) is 13.9. The molecule has 0 heterocycles. The van der Waals surface area contributed by atoms with Gasteiger partial charge in [0.05, 0.1) is 16.3 Å². The summed E-state index contributed by atoms with van der Waals surface area (Å²) < 4.78 is 22.1. The minimum Gasteiger partial charge on any atom is -0.207 e. The number of rotatable bonds is 3. The van der Waals surface area contributed by atoms with Gasteiger partial charge in [0.25, 0.3) is 9.05 Å². The van der Waals surface area contributed by atoms with E-state index in [1.165, 1.54) is 24.3 Å². The summed E-state index contributed by atoms with van der Waals surface area (Å²) in [7, 11) is 1.50. The molecule has 19 heavy (non-hydrogen) atoms. The van der Waals surface area contributed by atoms with Crippen molar-refractivity contribution in [2.75, 3.05) is 0 Å². The fraction of sp³-hybridized carbons (Fsp3) is 0. The Labute approximate surface area is 120 Å². The van der Waals surface area contributed by atoms with E-state index in [9.17, 15) is 8.42 Å². The molecule has 0 atom stereocenters. The monoisotopic (exact) mass is 314 g/mol. The van der Waals surface area contributed by atoms with E-state index in [2.05, 4.69) is 10.2 Å². The molecule has 0 aliphatic heterocycles. The molecule has 0 saturated heterocycles. The Bertz CT molecular complexity index is 696. The van der Waals surface area contributed by atoms with E-state index < -0.39 is 9.05 Å². The number of hydrogen-bond donors (Lipinski definition) is 0. The summed E-state index contributed by atoms with van der Waals surface area (Å²) in [5, 5.41) is 8.59. The first-order chi connectivity index (χ1) is 8.95. The smallest absolute Gasteiger partial charge is 0.207 e. The number of halogens is 2. The van der Waals surface area contributed by atoms with E-state index >= 15 is 0 Å². The summed E-state index contributed by atoms with van der Waals surface area (Å²) in [6, 6.07) is 12.7. The number of hydrogen-bond acceptors (Lipinski definition) is 4. The van der Waals surface area contributed by atoms with Crippen LogP contribution in [0.1, 0.15) is 0 Å². The van der Waals surface area contributed by atoms with Gasteiger partial charge in [-0.15, -0.1) is 0 Å². The molecule has 0 amide bonds. The van der Waals surface area contributed by atoms with Crippen molar-refractivity contribution in [3.63, 3.8) is 0 Å². The minimum atomic E-state index is -3.71. The molecule has 0 bridgehead atoms. The standard InChI is InChI=1S/C12H8Cl2N2O2S/c13-9-1-3-10(4-2-9)15-16-11-5-7-12(8-6-11)19(14,17)18/h1-8H. The highest BCUT2D eigenvalue weighted by Gasteiger charge is 2.08. The van der Waals surface area contributed by atoms with E-state index in [4.69, 9.17) is 22.3 Å². The van der Waals surface area contributed by atoms with Crippen LogP contribution in [-0.4, -0.2) is 8.42 Å². The Morgan fingerprint density at radius 3 is 1.63 bits per heavy atom. The third-order valence-corrected chi connectivity index (χ3v) is 3.85. The maximum atomic E-state index is 11.1. The van der Waals surface area contributed by atoms with Gasteiger partial charge in [-0.05, 0) is 48.5 Å². The second-order valence-electron chi connectivity index (χ2n) is 3.61. The van der Waals surface area contributed by atoms with Crippen LogP contribution in [0.15, 0.2) is 63.7 Å². The van der Waals surface area contributed by atoms with Gasteiger partial charge in [-0.3, -0.25) is 0 Å². The van der Waals surface area contributed by atoms with Crippen LogP contribution in [0.5, 0.6) is 0 Å². The molecule has 0 spiro atoms. The molecule has 7 heteroatoms. The summed E-state index contributed by atoms with van der Waals surface area (Å²) in [6.45, 7) is 0. The fourth-order valence-corrected chi connectivity index (χ4v) is 2.19. The predicted molar refractivity (Wildman–Crippen MR) is 75.1 cm³/mol. The van der Waals surface area contributed by atoms with Crippen molar-refractivity contribution >= 4 is 42.7 Å². The molecule has 0 N–H and O–H groups in total. The fourth-order valence-electron chi connectivity index (χ4n) is 1.30. The van der Waals surface area contributed by atoms with Gasteiger partial charge in [-0.1, -0.05) is 11.6 Å². The number of benzene rings is 2. The molecule has 4 nitrogen and oxygen atoms in total. The second-order valence-corrected chi connectivity index (χ2v) is 6.61. The third kappa shape index (κ3) is 4.02. The molecular formula is C12H8Cl2N2O2S. The molecule has 2 aromatic rings. The lowest BCUT2D eigenvalue weighted by Gasteiger charge is -1.96. The topological polar surface area (TPSA) is 58.9 Å². The number of azo groups is 1. The van der Waals surface area contributed by atoms with Crippen LogP contribution < -0.4 is 0 Å². The summed E-state index contributed by atoms with van der Waals surface area (Å²) in [4.78, 5) is 0.0274. The molecule has 2 aromatic carbocycles. The van der Waals surface area contributed by atoms with Crippen molar-refractivity contribution in [1.82, 2.24) is 0 Å². The van der Waals surface area contributed by atoms with Crippen molar-refractivity contribution in [1.29, 1.82) is 0 Å². The van der Waals surface area contributed by atoms with E-state index in [1.54, 1.807) is 24.3 Å². The van der Waals surface area contributed by atoms with E-state index in [0.29, 0.717) is 16.4 Å². The first-order valence-corrected chi connectivity index (χ1v) is 7.86. The first kappa shape index (κ1) is 14.0. The van der Waals surface area contributed by atoms with Gasteiger partial charge in [0.15, 0.2) is 0 Å². The average molecular weight is 315 g/mol. The molecule has 0 unspecified atom stereocenters. The Kier molecular flexibility index (Phi) is 4.19. The highest BCUT2D eigenvalue weighted by atomic mass is 35.7. The lowest BCUT2D eigenvalue weighted by atomic mass is 10.3. The normalized spacial score (nSPS) is 11.9. The van der Waals surface area contributed by atoms with Crippen LogP contribution >= 0.6 is 22.3 Å². The van der Waals surface area contributed by atoms with Gasteiger partial charge >= 0.3 is 0 Å². The molecule has 0 aromatic heterocycles. The largest absolute Gasteiger partial charge is 0.261 e. The van der Waals surface area contributed by atoms with E-state index in [0.717, 1.165) is 0 Å². The molecule has 0 fully saturated rings. The lowest BCUT2D eigenvalue weighted by molar-refractivity contribution is 0.609. The van der Waals surface area contributed by atoms with Crippen LogP contribution in [0, 0.1) is 0 Å². The SMILES string of the molecule is O=S(=O)(Cl)c1ccc(N=Nc2ccc(Cl)cc2)cc1. The molecule has 0 aliphatic carbocycles. The molecular weight excluding hydrogens is 307 g/mol. The zero-order valence-electron chi connectivity index (χ0n) is 9.49. The molecule has 0 aliphatic rings. The molecule has 2 rings (SSSR count). The maximum absolute atomic E-state index is 11.1. The van der Waals surface area contributed by atoms with Crippen LogP contribution in [0.4, 0.5) is 11.4 Å². The minimum absolute atomic E-state index is 0.0274. The Balaban J connectivity index is 2.18. The summed E-state index contributed by atoms with van der Waals surface area (Å²) in [5.74, 6) is 0. The van der Waals surface area contributed by atoms with E-state index in [1.807, 2.05) is 0 Å². The van der Waals surface area contributed by atoms with Gasteiger partial charge in [0.2, 0.25) is 0 Å². The highest BCUT2D eigenvalue weighted by molar-refractivity contribution is 8.13. The molecule has 98 valence electrons. The summed E-state index contributed by atoms with van der Waals surface area (Å²) in [5.41, 5.74) is 1.18. The molecule has 0 radical (unpaired) electrons. The van der Waals surface area contributed by atoms with Crippen molar-refractivity contribution in [2.24, 2.45) is 10.2 Å². The third-order valence-electron chi connectivity index (χ3n) is 2.23. The van der Waals surface area contributed by atoms with Crippen LogP contribution in [0.2, 0.25) is 5.02 Å². The first-order valence-electron chi connectivity index (χ1n) is 5.17. The summed E-state index contributed by atoms with van der Waals surface area (Å²) >= 11 is 5.75. The van der Waals surface area contributed by atoms with Crippen LogP contribution in [-0.2, 0) is 9.05 Å².